The van der Waals surface area contributed by atoms with Gasteiger partial charge in [0.2, 0.25) is 11.8 Å². The Morgan fingerprint density at radius 3 is 2.48 bits per heavy atom. The number of benzene rings is 2. The molecule has 0 fully saturated rings. The van der Waals surface area contributed by atoms with Gasteiger partial charge in [0.15, 0.2) is 0 Å². The largest absolute Gasteiger partial charge is 0.326 e. The number of carbonyl (C=O) groups is 2. The highest BCUT2D eigenvalue weighted by molar-refractivity contribution is 9.10. The first-order valence-electron chi connectivity index (χ1n) is 8.40. The van der Waals surface area contributed by atoms with Crippen LogP contribution in [-0.4, -0.2) is 21.6 Å². The highest BCUT2D eigenvalue weighted by atomic mass is 79.9. The molecule has 1 aromatic heterocycles. The van der Waals surface area contributed by atoms with Gasteiger partial charge in [0.25, 0.3) is 0 Å². The molecule has 3 aromatic rings. The van der Waals surface area contributed by atoms with E-state index in [-0.39, 0.29) is 18.2 Å². The van der Waals surface area contributed by atoms with E-state index in [1.54, 1.807) is 16.8 Å². The summed E-state index contributed by atoms with van der Waals surface area (Å²) in [7, 11) is 0. The molecule has 27 heavy (non-hydrogen) atoms. The van der Waals surface area contributed by atoms with Gasteiger partial charge >= 0.3 is 0 Å². The third kappa shape index (κ3) is 5.04. The Kier molecular flexibility index (Phi) is 5.71. The smallest absolute Gasteiger partial charge is 0.229 e. The molecule has 0 saturated carbocycles. The maximum absolute atomic E-state index is 12.5. The zero-order chi connectivity index (χ0) is 19.4. The van der Waals surface area contributed by atoms with Crippen LogP contribution in [0.4, 0.5) is 11.5 Å². The second kappa shape index (κ2) is 8.18. The van der Waals surface area contributed by atoms with Crippen LogP contribution in [0.15, 0.2) is 59.1 Å². The molecule has 0 aliphatic carbocycles. The van der Waals surface area contributed by atoms with Crippen molar-refractivity contribution in [2.45, 2.75) is 20.3 Å². The van der Waals surface area contributed by atoms with Gasteiger partial charge in [-0.05, 0) is 42.8 Å². The average molecular weight is 427 g/mol. The zero-order valence-corrected chi connectivity index (χ0v) is 16.6. The van der Waals surface area contributed by atoms with Crippen LogP contribution in [0, 0.1) is 6.92 Å². The van der Waals surface area contributed by atoms with Crippen LogP contribution in [0.1, 0.15) is 18.2 Å². The predicted molar refractivity (Wildman–Crippen MR) is 109 cm³/mol. The number of hydrogen-bond donors (Lipinski definition) is 2. The molecule has 0 aliphatic heterocycles. The van der Waals surface area contributed by atoms with Gasteiger partial charge < -0.3 is 10.6 Å². The fraction of sp³-hybridized carbons (Fsp3) is 0.150. The molecule has 0 unspecified atom stereocenters. The van der Waals surface area contributed by atoms with E-state index < -0.39 is 0 Å². The lowest BCUT2D eigenvalue weighted by atomic mass is 10.1. The van der Waals surface area contributed by atoms with Gasteiger partial charge in [-0.15, -0.1) is 0 Å². The first-order chi connectivity index (χ1) is 12.9. The number of nitrogens with zero attached hydrogens (tertiary/aromatic N) is 2. The quantitative estimate of drug-likeness (QED) is 0.644. The average Bonchev–Trinajstić information content (AvgIpc) is 2.96. The van der Waals surface area contributed by atoms with Crippen molar-refractivity contribution < 1.29 is 9.59 Å². The molecule has 2 aromatic carbocycles. The van der Waals surface area contributed by atoms with E-state index >= 15 is 0 Å². The van der Waals surface area contributed by atoms with Crippen LogP contribution in [-0.2, 0) is 16.0 Å². The van der Waals surface area contributed by atoms with E-state index in [0.717, 1.165) is 21.4 Å². The molecule has 138 valence electrons. The lowest BCUT2D eigenvalue weighted by molar-refractivity contribution is -0.116. The lowest BCUT2D eigenvalue weighted by Gasteiger charge is -2.10. The molecule has 2 amide bonds. The number of anilines is 2. The second-order valence-corrected chi connectivity index (χ2v) is 7.08. The fourth-order valence-electron chi connectivity index (χ4n) is 2.67. The summed E-state index contributed by atoms with van der Waals surface area (Å²) >= 11 is 3.45. The molecule has 7 heteroatoms. The number of aryl methyl sites for hydroxylation is 1. The molecule has 0 atom stereocenters. The fourth-order valence-corrected chi connectivity index (χ4v) is 3.06. The second-order valence-electron chi connectivity index (χ2n) is 6.17. The van der Waals surface area contributed by atoms with Crippen molar-refractivity contribution in [3.63, 3.8) is 0 Å². The summed E-state index contributed by atoms with van der Waals surface area (Å²) in [6.07, 6.45) is 0.225. The maximum atomic E-state index is 12.5. The minimum absolute atomic E-state index is 0.128. The first kappa shape index (κ1) is 18.8. The summed E-state index contributed by atoms with van der Waals surface area (Å²) in [5.74, 6) is 0.348. The summed E-state index contributed by atoms with van der Waals surface area (Å²) < 4.78 is 2.64. The Bertz CT molecular complexity index is 980. The minimum atomic E-state index is -0.140. The number of nitrogens with one attached hydrogen (secondary N) is 2. The van der Waals surface area contributed by atoms with E-state index in [1.165, 1.54) is 6.92 Å². The first-order valence-corrected chi connectivity index (χ1v) is 9.19. The van der Waals surface area contributed by atoms with Crippen LogP contribution < -0.4 is 10.6 Å². The Balaban J connectivity index is 1.72. The van der Waals surface area contributed by atoms with Crippen LogP contribution >= 0.6 is 15.9 Å². The van der Waals surface area contributed by atoms with Crippen LogP contribution in [0.5, 0.6) is 0 Å². The summed E-state index contributed by atoms with van der Waals surface area (Å²) in [4.78, 5) is 23.5. The highest BCUT2D eigenvalue weighted by Gasteiger charge is 2.12. The molecular weight excluding hydrogens is 408 g/mol. The van der Waals surface area contributed by atoms with E-state index in [0.29, 0.717) is 11.5 Å². The Morgan fingerprint density at radius 1 is 1.07 bits per heavy atom. The Labute approximate surface area is 165 Å². The summed E-state index contributed by atoms with van der Waals surface area (Å²) in [5, 5.41) is 10.1. The predicted octanol–water partition coefficient (Wildman–Crippen LogP) is 4.08. The van der Waals surface area contributed by atoms with Crippen molar-refractivity contribution in [1.82, 2.24) is 9.78 Å². The molecule has 1 heterocycles. The Hall–Kier alpha value is -2.93. The van der Waals surface area contributed by atoms with Gasteiger partial charge in [0.05, 0.1) is 17.8 Å². The minimum Gasteiger partial charge on any atom is -0.326 e. The van der Waals surface area contributed by atoms with E-state index in [1.807, 2.05) is 49.4 Å². The van der Waals surface area contributed by atoms with Gasteiger partial charge in [-0.1, -0.05) is 34.1 Å². The molecular formula is C20H19BrN4O2. The molecule has 0 aliphatic rings. The SMILES string of the molecule is CC(=O)Nc1ccc(CC(=O)Nc2cc(C)nn2-c2cccc(Br)c2)cc1. The number of carbonyl (C=O) groups excluding carboxylic acids is 2. The molecule has 0 radical (unpaired) electrons. The maximum Gasteiger partial charge on any atom is 0.229 e. The number of amides is 2. The molecule has 6 nitrogen and oxygen atoms in total. The van der Waals surface area contributed by atoms with Crippen LogP contribution in [0.3, 0.4) is 0 Å². The molecule has 0 spiro atoms. The van der Waals surface area contributed by atoms with Gasteiger partial charge in [-0.25, -0.2) is 4.68 Å². The van der Waals surface area contributed by atoms with Gasteiger partial charge in [-0.3, -0.25) is 9.59 Å². The molecule has 0 saturated heterocycles. The van der Waals surface area contributed by atoms with E-state index in [9.17, 15) is 9.59 Å². The summed E-state index contributed by atoms with van der Waals surface area (Å²) in [6, 6.07) is 16.7. The zero-order valence-electron chi connectivity index (χ0n) is 15.0. The van der Waals surface area contributed by atoms with Crippen molar-refractivity contribution >= 4 is 39.2 Å². The molecule has 2 N–H and O–H groups in total. The monoisotopic (exact) mass is 426 g/mol. The van der Waals surface area contributed by atoms with Gasteiger partial charge in [0.1, 0.15) is 5.82 Å². The van der Waals surface area contributed by atoms with Crippen LogP contribution in [0.25, 0.3) is 5.69 Å². The number of aromatic nitrogens is 2. The van der Waals surface area contributed by atoms with Crippen molar-refractivity contribution in [3.05, 3.63) is 70.3 Å². The number of hydrogen-bond acceptors (Lipinski definition) is 3. The summed E-state index contributed by atoms with van der Waals surface area (Å²) in [5.41, 5.74) is 3.22. The van der Waals surface area contributed by atoms with Crippen molar-refractivity contribution in [3.8, 4) is 5.69 Å². The van der Waals surface area contributed by atoms with Crippen molar-refractivity contribution in [2.75, 3.05) is 10.6 Å². The van der Waals surface area contributed by atoms with Gasteiger partial charge in [0, 0.05) is 23.2 Å². The molecule has 3 rings (SSSR count). The van der Waals surface area contributed by atoms with Crippen LogP contribution in [0.2, 0.25) is 0 Å². The molecule has 0 bridgehead atoms. The van der Waals surface area contributed by atoms with E-state index in [2.05, 4.69) is 31.7 Å². The Morgan fingerprint density at radius 2 is 1.81 bits per heavy atom. The van der Waals surface area contributed by atoms with Crippen molar-refractivity contribution in [1.29, 1.82) is 0 Å². The summed E-state index contributed by atoms with van der Waals surface area (Å²) in [6.45, 7) is 3.34. The van der Waals surface area contributed by atoms with Crippen molar-refractivity contribution in [2.24, 2.45) is 0 Å². The third-order valence-electron chi connectivity index (χ3n) is 3.79. The van der Waals surface area contributed by atoms with Gasteiger partial charge in [-0.2, -0.15) is 5.10 Å². The third-order valence-corrected chi connectivity index (χ3v) is 4.28. The number of rotatable bonds is 5. The standard InChI is InChI=1S/C20H19BrN4O2/c1-13-10-19(25(24-13)18-5-3-4-16(21)12-18)23-20(27)11-15-6-8-17(9-7-15)22-14(2)26/h3-10,12H,11H2,1-2H3,(H,22,26)(H,23,27). The topological polar surface area (TPSA) is 76.0 Å². The van der Waals surface area contributed by atoms with E-state index in [4.69, 9.17) is 0 Å². The highest BCUT2D eigenvalue weighted by Crippen LogP contribution is 2.21. The lowest BCUT2D eigenvalue weighted by Crippen LogP contribution is -2.17. The number of halogens is 1. The normalized spacial score (nSPS) is 10.5.